The molecule has 0 aliphatic heterocycles. The van der Waals surface area contributed by atoms with E-state index in [1.807, 2.05) is 18.5 Å². The topological polar surface area (TPSA) is 79.9 Å². The van der Waals surface area contributed by atoms with Crippen molar-refractivity contribution in [2.75, 3.05) is 12.4 Å². The van der Waals surface area contributed by atoms with Gasteiger partial charge in [0.1, 0.15) is 5.75 Å². The van der Waals surface area contributed by atoms with Crippen molar-refractivity contribution in [2.24, 2.45) is 0 Å². The SMILES string of the molecule is COc1ccc(NC(=O)CCc2c(C)nn(CCC#N)c2C)c(Cl)c1. The highest BCUT2D eigenvalue weighted by Crippen LogP contribution is 2.27. The van der Waals surface area contributed by atoms with Crippen LogP contribution in [0.25, 0.3) is 0 Å². The second-order valence-corrected chi connectivity index (χ2v) is 6.08. The van der Waals surface area contributed by atoms with Gasteiger partial charge in [0.15, 0.2) is 0 Å². The van der Waals surface area contributed by atoms with E-state index >= 15 is 0 Å². The summed E-state index contributed by atoms with van der Waals surface area (Å²) < 4.78 is 6.92. The van der Waals surface area contributed by atoms with E-state index in [1.54, 1.807) is 25.3 Å². The Morgan fingerprint density at radius 3 is 2.84 bits per heavy atom. The summed E-state index contributed by atoms with van der Waals surface area (Å²) in [7, 11) is 1.56. The van der Waals surface area contributed by atoms with Crippen molar-refractivity contribution < 1.29 is 9.53 Å². The Morgan fingerprint density at radius 2 is 2.20 bits per heavy atom. The van der Waals surface area contributed by atoms with Gasteiger partial charge in [0.25, 0.3) is 0 Å². The normalized spacial score (nSPS) is 10.4. The van der Waals surface area contributed by atoms with Crippen molar-refractivity contribution in [1.29, 1.82) is 5.26 Å². The maximum Gasteiger partial charge on any atom is 0.224 e. The van der Waals surface area contributed by atoms with Gasteiger partial charge in [-0.15, -0.1) is 0 Å². The minimum atomic E-state index is -0.115. The van der Waals surface area contributed by atoms with Crippen LogP contribution in [0.15, 0.2) is 18.2 Å². The lowest BCUT2D eigenvalue weighted by molar-refractivity contribution is -0.116. The standard InChI is InChI=1S/C18H21ClN4O2/c1-12-15(13(2)23(22-12)10-4-9-20)6-8-18(24)21-17-7-5-14(25-3)11-16(17)19/h5,7,11H,4,6,8,10H2,1-3H3,(H,21,24). The van der Waals surface area contributed by atoms with Crippen LogP contribution in [-0.4, -0.2) is 22.8 Å². The van der Waals surface area contributed by atoms with E-state index in [1.165, 1.54) is 0 Å². The van der Waals surface area contributed by atoms with E-state index in [4.69, 9.17) is 21.6 Å². The molecular weight excluding hydrogens is 340 g/mol. The maximum absolute atomic E-state index is 12.2. The van der Waals surface area contributed by atoms with Gasteiger partial charge in [-0.3, -0.25) is 9.48 Å². The number of anilines is 1. The molecule has 1 amide bonds. The van der Waals surface area contributed by atoms with Crippen LogP contribution in [0.3, 0.4) is 0 Å². The smallest absolute Gasteiger partial charge is 0.224 e. The number of nitrogens with one attached hydrogen (secondary N) is 1. The van der Waals surface area contributed by atoms with Crippen molar-refractivity contribution in [3.63, 3.8) is 0 Å². The number of hydrogen-bond donors (Lipinski definition) is 1. The minimum absolute atomic E-state index is 0.115. The molecule has 1 aromatic heterocycles. The van der Waals surface area contributed by atoms with Crippen LogP contribution in [0, 0.1) is 25.2 Å². The molecule has 0 spiro atoms. The first-order valence-electron chi connectivity index (χ1n) is 7.99. The third-order valence-electron chi connectivity index (χ3n) is 4.02. The van der Waals surface area contributed by atoms with E-state index < -0.39 is 0 Å². The lowest BCUT2D eigenvalue weighted by Crippen LogP contribution is -2.13. The van der Waals surface area contributed by atoms with E-state index in [0.29, 0.717) is 42.3 Å². The molecule has 0 fully saturated rings. The zero-order valence-electron chi connectivity index (χ0n) is 14.6. The zero-order valence-corrected chi connectivity index (χ0v) is 15.4. The number of carbonyl (C=O) groups excluding carboxylic acids is 1. The average Bonchev–Trinajstić information content (AvgIpc) is 2.86. The van der Waals surface area contributed by atoms with Gasteiger partial charge in [-0.05, 0) is 38.0 Å². The predicted molar refractivity (Wildman–Crippen MR) is 96.9 cm³/mol. The van der Waals surface area contributed by atoms with Crippen LogP contribution < -0.4 is 10.1 Å². The Balaban J connectivity index is 1.98. The van der Waals surface area contributed by atoms with Crippen LogP contribution in [0.2, 0.25) is 5.02 Å². The zero-order chi connectivity index (χ0) is 18.4. The molecule has 0 bridgehead atoms. The third-order valence-corrected chi connectivity index (χ3v) is 4.33. The molecule has 25 heavy (non-hydrogen) atoms. The largest absolute Gasteiger partial charge is 0.497 e. The fourth-order valence-corrected chi connectivity index (χ4v) is 2.86. The Bertz CT molecular complexity index is 808. The molecule has 1 aromatic carbocycles. The van der Waals surface area contributed by atoms with Gasteiger partial charge in [0.05, 0.1) is 42.5 Å². The molecule has 0 saturated heterocycles. The Hall–Kier alpha value is -2.52. The molecule has 2 rings (SSSR count). The first-order chi connectivity index (χ1) is 12.0. The second kappa shape index (κ2) is 8.54. The first-order valence-corrected chi connectivity index (χ1v) is 8.37. The predicted octanol–water partition coefficient (Wildman–Crippen LogP) is 3.65. The van der Waals surface area contributed by atoms with Crippen molar-refractivity contribution in [3.8, 4) is 11.8 Å². The summed E-state index contributed by atoms with van der Waals surface area (Å²) in [6.07, 6.45) is 1.33. The number of methoxy groups -OCH3 is 1. The van der Waals surface area contributed by atoms with Gasteiger partial charge in [0, 0.05) is 18.2 Å². The fourth-order valence-electron chi connectivity index (χ4n) is 2.64. The molecule has 1 N–H and O–H groups in total. The van der Waals surface area contributed by atoms with Crippen LogP contribution >= 0.6 is 11.6 Å². The summed E-state index contributed by atoms with van der Waals surface area (Å²) in [6.45, 7) is 4.45. The molecule has 0 unspecified atom stereocenters. The quantitative estimate of drug-likeness (QED) is 0.817. The van der Waals surface area contributed by atoms with E-state index in [2.05, 4.69) is 16.5 Å². The molecule has 0 aliphatic carbocycles. The molecule has 0 atom stereocenters. The average molecular weight is 361 g/mol. The lowest BCUT2D eigenvalue weighted by Gasteiger charge is -2.09. The first kappa shape index (κ1) is 18.8. The molecule has 0 aliphatic rings. The number of rotatable bonds is 7. The highest BCUT2D eigenvalue weighted by atomic mass is 35.5. The van der Waals surface area contributed by atoms with Crippen LogP contribution in [0.1, 0.15) is 29.8 Å². The minimum Gasteiger partial charge on any atom is -0.497 e. The second-order valence-electron chi connectivity index (χ2n) is 5.67. The maximum atomic E-state index is 12.2. The number of amides is 1. The van der Waals surface area contributed by atoms with Crippen LogP contribution in [0.5, 0.6) is 5.75 Å². The summed E-state index contributed by atoms with van der Waals surface area (Å²) >= 11 is 6.14. The molecule has 7 heteroatoms. The molecule has 0 radical (unpaired) electrons. The van der Waals surface area contributed by atoms with Crippen LogP contribution in [-0.2, 0) is 17.8 Å². The van der Waals surface area contributed by atoms with Gasteiger partial charge in [-0.25, -0.2) is 0 Å². The van der Waals surface area contributed by atoms with E-state index in [9.17, 15) is 4.79 Å². The Kier molecular flexibility index (Phi) is 6.43. The summed E-state index contributed by atoms with van der Waals surface area (Å²) in [6, 6.07) is 7.24. The number of halogens is 1. The number of nitrogens with zero attached hydrogens (tertiary/aromatic N) is 3. The Morgan fingerprint density at radius 1 is 1.44 bits per heavy atom. The monoisotopic (exact) mass is 360 g/mol. The van der Waals surface area contributed by atoms with Crippen molar-refractivity contribution in [2.45, 2.75) is 39.7 Å². The fraction of sp³-hybridized carbons (Fsp3) is 0.389. The molecule has 0 saturated carbocycles. The lowest BCUT2D eigenvalue weighted by atomic mass is 10.1. The highest BCUT2D eigenvalue weighted by molar-refractivity contribution is 6.33. The summed E-state index contributed by atoms with van der Waals surface area (Å²) in [5.74, 6) is 0.523. The molecular formula is C18H21ClN4O2. The molecule has 6 nitrogen and oxygen atoms in total. The summed E-state index contributed by atoms with van der Waals surface area (Å²) in [5.41, 5.74) is 3.51. The van der Waals surface area contributed by atoms with Crippen molar-refractivity contribution in [1.82, 2.24) is 9.78 Å². The highest BCUT2D eigenvalue weighted by Gasteiger charge is 2.14. The number of carbonyl (C=O) groups is 1. The molecule has 2 aromatic rings. The number of hydrogen-bond acceptors (Lipinski definition) is 4. The number of aromatic nitrogens is 2. The molecule has 132 valence electrons. The number of ether oxygens (including phenoxy) is 1. The molecule has 1 heterocycles. The van der Waals surface area contributed by atoms with Crippen LogP contribution in [0.4, 0.5) is 5.69 Å². The van der Waals surface area contributed by atoms with E-state index in [0.717, 1.165) is 17.0 Å². The summed E-state index contributed by atoms with van der Waals surface area (Å²) in [5, 5.41) is 16.4. The number of aryl methyl sites for hydroxylation is 2. The Labute approximate surface area is 152 Å². The van der Waals surface area contributed by atoms with Gasteiger partial charge >= 0.3 is 0 Å². The van der Waals surface area contributed by atoms with Gasteiger partial charge < -0.3 is 10.1 Å². The van der Waals surface area contributed by atoms with Gasteiger partial charge in [0.2, 0.25) is 5.91 Å². The number of nitriles is 1. The van der Waals surface area contributed by atoms with Crippen molar-refractivity contribution in [3.05, 3.63) is 40.2 Å². The summed E-state index contributed by atoms with van der Waals surface area (Å²) in [4.78, 5) is 12.2. The van der Waals surface area contributed by atoms with Gasteiger partial charge in [-0.2, -0.15) is 10.4 Å². The third kappa shape index (κ3) is 4.74. The van der Waals surface area contributed by atoms with Crippen molar-refractivity contribution >= 4 is 23.2 Å². The van der Waals surface area contributed by atoms with E-state index in [-0.39, 0.29) is 5.91 Å². The van der Waals surface area contributed by atoms with Gasteiger partial charge in [-0.1, -0.05) is 11.6 Å². The number of benzene rings is 1.